The first kappa shape index (κ1) is 26.0. The van der Waals surface area contributed by atoms with Crippen LogP contribution in [-0.4, -0.2) is 79.9 Å². The van der Waals surface area contributed by atoms with Crippen molar-refractivity contribution in [3.05, 3.63) is 29.1 Å². The highest BCUT2D eigenvalue weighted by Gasteiger charge is 2.25. The Balaban J connectivity index is 2.05. The molecule has 1 saturated heterocycles. The van der Waals surface area contributed by atoms with E-state index in [9.17, 15) is 8.42 Å². The van der Waals surface area contributed by atoms with Crippen LogP contribution in [0.15, 0.2) is 27.7 Å². The number of aryl methyl sites for hydroxylation is 2. The molecule has 0 spiro atoms. The van der Waals surface area contributed by atoms with E-state index in [2.05, 4.69) is 34.0 Å². The molecule has 0 atom stereocenters. The smallest absolute Gasteiger partial charge is 0.211 e. The molecule has 180 valence electrons. The van der Waals surface area contributed by atoms with Crippen molar-refractivity contribution in [1.82, 2.24) is 24.3 Å². The third-order valence-electron chi connectivity index (χ3n) is 5.56. The topological polar surface area (TPSA) is 95.2 Å². The maximum absolute atomic E-state index is 15.3. The first-order valence-electron chi connectivity index (χ1n) is 10.9. The van der Waals surface area contributed by atoms with Gasteiger partial charge in [0, 0.05) is 40.3 Å². The molecule has 0 amide bonds. The number of piperidine rings is 1. The van der Waals surface area contributed by atoms with E-state index in [-0.39, 0.29) is 17.6 Å². The van der Waals surface area contributed by atoms with Crippen LogP contribution in [0.1, 0.15) is 37.6 Å². The van der Waals surface area contributed by atoms with E-state index in [1.165, 1.54) is 10.6 Å². The van der Waals surface area contributed by atoms with Crippen LogP contribution >= 0.6 is 0 Å². The molecular formula is C21H36FN7O2S. The van der Waals surface area contributed by atoms with Gasteiger partial charge in [-0.1, -0.05) is 6.92 Å². The minimum Gasteiger partial charge on any atom is -0.367 e. The Kier molecular flexibility index (Phi) is 9.38. The lowest BCUT2D eigenvalue weighted by Gasteiger charge is -2.30. The number of aliphatic imine (C=N–C) groups is 2. The highest BCUT2D eigenvalue weighted by molar-refractivity contribution is 7.88. The fourth-order valence-electron chi connectivity index (χ4n) is 3.88. The third-order valence-corrected chi connectivity index (χ3v) is 6.86. The van der Waals surface area contributed by atoms with Crippen LogP contribution in [0.5, 0.6) is 0 Å². The summed E-state index contributed by atoms with van der Waals surface area (Å²) in [6, 6.07) is 1.99. The normalized spacial score (nSPS) is 17.2. The molecule has 0 bridgehead atoms. The average Bonchev–Trinajstić information content (AvgIpc) is 3.07. The van der Waals surface area contributed by atoms with Crippen molar-refractivity contribution in [2.24, 2.45) is 15.9 Å². The van der Waals surface area contributed by atoms with Crippen LogP contribution in [-0.2, 0) is 23.1 Å². The van der Waals surface area contributed by atoms with Crippen molar-refractivity contribution in [1.29, 1.82) is 0 Å². The number of nitrogens with zero attached hydrogens (tertiary/aromatic N) is 6. The molecule has 32 heavy (non-hydrogen) atoms. The van der Waals surface area contributed by atoms with E-state index < -0.39 is 15.9 Å². The molecule has 0 radical (unpaired) electrons. The average molecular weight is 470 g/mol. The Morgan fingerprint density at radius 3 is 2.59 bits per heavy atom. The first-order chi connectivity index (χ1) is 15.1. The molecule has 0 unspecified atom stereocenters. The fraction of sp³-hybridized carbons (Fsp3) is 0.667. The second kappa shape index (κ2) is 11.6. The summed E-state index contributed by atoms with van der Waals surface area (Å²) in [6.07, 6.45) is 3.60. The number of hydrogen-bond acceptors (Lipinski definition) is 6. The molecule has 1 aromatic rings. The van der Waals surface area contributed by atoms with Gasteiger partial charge in [-0.05, 0) is 44.9 Å². The van der Waals surface area contributed by atoms with E-state index in [0.717, 1.165) is 24.4 Å². The number of rotatable bonds is 10. The van der Waals surface area contributed by atoms with E-state index in [4.69, 9.17) is 0 Å². The zero-order valence-corrected chi connectivity index (χ0v) is 20.6. The Morgan fingerprint density at radius 2 is 2.06 bits per heavy atom. The number of hydrogen-bond donors (Lipinski definition) is 1. The number of aromatic nitrogens is 2. The first-order valence-corrected chi connectivity index (χ1v) is 12.7. The van der Waals surface area contributed by atoms with Gasteiger partial charge in [0.25, 0.3) is 0 Å². The van der Waals surface area contributed by atoms with Gasteiger partial charge in [0.1, 0.15) is 0 Å². The number of nitrogens with one attached hydrogen (secondary N) is 1. The molecule has 0 saturated carbocycles. The lowest BCUT2D eigenvalue weighted by atomic mass is 9.98. The summed E-state index contributed by atoms with van der Waals surface area (Å²) in [5, 5.41) is 7.54. The van der Waals surface area contributed by atoms with Crippen LogP contribution in [0, 0.1) is 12.8 Å². The highest BCUT2D eigenvalue weighted by Crippen LogP contribution is 2.20. The van der Waals surface area contributed by atoms with Gasteiger partial charge < -0.3 is 10.2 Å². The van der Waals surface area contributed by atoms with Crippen molar-refractivity contribution >= 4 is 22.6 Å². The van der Waals surface area contributed by atoms with Gasteiger partial charge in [-0.25, -0.2) is 17.7 Å². The lowest BCUT2D eigenvalue weighted by Crippen LogP contribution is -2.40. The summed E-state index contributed by atoms with van der Waals surface area (Å²) in [5.74, 6) is -0.129. The van der Waals surface area contributed by atoms with Crippen LogP contribution in [0.3, 0.4) is 0 Å². The van der Waals surface area contributed by atoms with E-state index in [1.54, 1.807) is 19.0 Å². The van der Waals surface area contributed by atoms with Crippen molar-refractivity contribution in [3.8, 4) is 0 Å². The zero-order chi connectivity index (χ0) is 23.9. The van der Waals surface area contributed by atoms with E-state index >= 15 is 4.39 Å². The predicted molar refractivity (Wildman–Crippen MR) is 127 cm³/mol. The summed E-state index contributed by atoms with van der Waals surface area (Å²) in [4.78, 5) is 9.73. The van der Waals surface area contributed by atoms with E-state index in [1.807, 2.05) is 17.7 Å². The molecule has 2 rings (SSSR count). The molecule has 2 heterocycles. The zero-order valence-electron chi connectivity index (χ0n) is 19.8. The van der Waals surface area contributed by atoms with Gasteiger partial charge >= 0.3 is 0 Å². The fourth-order valence-corrected chi connectivity index (χ4v) is 4.76. The summed E-state index contributed by atoms with van der Waals surface area (Å²) < 4.78 is 42.1. The number of likely N-dealkylation sites (N-methyl/N-ethyl adjacent to an activating group) is 1. The summed E-state index contributed by atoms with van der Waals surface area (Å²) in [6.45, 7) is 10.2. The molecule has 0 aliphatic carbocycles. The van der Waals surface area contributed by atoms with Crippen molar-refractivity contribution in [2.75, 3.05) is 40.0 Å². The summed E-state index contributed by atoms with van der Waals surface area (Å²) >= 11 is 0. The SMILES string of the molecule is C=N/C(NCC1CCN(S(C)(=O)=O)CC1)=C(/F)C(=NC)N(C)Cc1cc(C)nn1CCC. The predicted octanol–water partition coefficient (Wildman–Crippen LogP) is 2.16. The largest absolute Gasteiger partial charge is 0.367 e. The Labute approximate surface area is 191 Å². The van der Waals surface area contributed by atoms with Crippen LogP contribution < -0.4 is 5.32 Å². The van der Waals surface area contributed by atoms with Crippen molar-refractivity contribution in [2.45, 2.75) is 46.2 Å². The van der Waals surface area contributed by atoms with Crippen molar-refractivity contribution < 1.29 is 12.8 Å². The summed E-state index contributed by atoms with van der Waals surface area (Å²) in [7, 11) is 0.157. The van der Waals surface area contributed by atoms with Crippen LogP contribution in [0.4, 0.5) is 4.39 Å². The van der Waals surface area contributed by atoms with Crippen molar-refractivity contribution in [3.63, 3.8) is 0 Å². The van der Waals surface area contributed by atoms with Gasteiger partial charge in [0.05, 0.1) is 24.2 Å². The summed E-state index contributed by atoms with van der Waals surface area (Å²) in [5.41, 5.74) is 1.91. The lowest BCUT2D eigenvalue weighted by molar-refractivity contribution is 0.272. The van der Waals surface area contributed by atoms with Gasteiger partial charge in [0.15, 0.2) is 11.7 Å². The molecule has 1 N–H and O–H groups in total. The minimum absolute atomic E-state index is 0.0428. The van der Waals surface area contributed by atoms with E-state index in [0.29, 0.717) is 39.0 Å². The monoisotopic (exact) mass is 469 g/mol. The Hall–Kier alpha value is -2.27. The Morgan fingerprint density at radius 1 is 1.41 bits per heavy atom. The van der Waals surface area contributed by atoms with Crippen LogP contribution in [0.2, 0.25) is 0 Å². The molecular weight excluding hydrogens is 433 g/mol. The maximum atomic E-state index is 15.3. The standard InChI is InChI=1S/C21H36FN7O2S/c1-7-10-29-18(13-16(2)26-29)15-27(5)21(24-4)19(22)20(23-3)25-14-17-8-11-28(12-9-17)32(6,30)31/h13,17,25H,3,7-12,14-15H2,1-2,4-6H3/b20-19-,24-21?. The molecule has 1 aliphatic heterocycles. The highest BCUT2D eigenvalue weighted by atomic mass is 32.2. The second-order valence-corrected chi connectivity index (χ2v) is 10.2. The molecule has 1 fully saturated rings. The number of sulfonamides is 1. The van der Waals surface area contributed by atoms with Gasteiger partial charge in [-0.2, -0.15) is 9.49 Å². The molecule has 1 aromatic heterocycles. The maximum Gasteiger partial charge on any atom is 0.211 e. The quantitative estimate of drug-likeness (QED) is 0.419. The number of amidine groups is 1. The number of halogens is 1. The molecule has 0 aromatic carbocycles. The molecule has 11 heteroatoms. The van der Waals surface area contributed by atoms with Gasteiger partial charge in [-0.15, -0.1) is 0 Å². The van der Waals surface area contributed by atoms with Gasteiger partial charge in [0.2, 0.25) is 15.9 Å². The third kappa shape index (κ3) is 6.86. The minimum atomic E-state index is -3.17. The Bertz CT molecular complexity index is 947. The second-order valence-electron chi connectivity index (χ2n) is 8.21. The molecule has 9 nitrogen and oxygen atoms in total. The van der Waals surface area contributed by atoms with Crippen LogP contribution in [0.25, 0.3) is 0 Å². The molecule has 1 aliphatic rings. The van der Waals surface area contributed by atoms with Gasteiger partial charge in [-0.3, -0.25) is 9.67 Å².